The van der Waals surface area contributed by atoms with E-state index in [9.17, 15) is 0 Å². The van der Waals surface area contributed by atoms with Crippen LogP contribution in [0.2, 0.25) is 0 Å². The third-order valence-corrected chi connectivity index (χ3v) is 3.84. The van der Waals surface area contributed by atoms with Crippen molar-refractivity contribution >= 4 is 45.5 Å². The summed E-state index contributed by atoms with van der Waals surface area (Å²) in [4.78, 5) is 10.9. The molecule has 110 valence electrons. The molecular formula is C15H16ClN3OS. The van der Waals surface area contributed by atoms with Crippen LogP contribution in [0.3, 0.4) is 0 Å². The van der Waals surface area contributed by atoms with Crippen molar-refractivity contribution in [3.63, 3.8) is 0 Å². The van der Waals surface area contributed by atoms with Gasteiger partial charge in [-0.15, -0.1) is 23.7 Å². The van der Waals surface area contributed by atoms with E-state index < -0.39 is 0 Å². The summed E-state index contributed by atoms with van der Waals surface area (Å²) in [7, 11) is 0. The van der Waals surface area contributed by atoms with Crippen LogP contribution >= 0.6 is 23.7 Å². The molecule has 2 aromatic heterocycles. The highest BCUT2D eigenvalue weighted by Gasteiger charge is 2.07. The minimum Gasteiger partial charge on any atom is -0.494 e. The van der Waals surface area contributed by atoms with Gasteiger partial charge in [-0.05, 0) is 44.2 Å². The standard InChI is InChI=1S/C15H15N3OS.ClH/c1-3-19-12-6-4-11(5-7-12)18-14-13-8-10(2)20-15(13)17-9-16-14;/h4-9H,3H2,1-2H3,(H,16,17,18);1H. The molecule has 3 rings (SSSR count). The Bertz CT molecular complexity index is 727. The average molecular weight is 322 g/mol. The van der Waals surface area contributed by atoms with E-state index in [1.165, 1.54) is 4.88 Å². The van der Waals surface area contributed by atoms with E-state index >= 15 is 0 Å². The van der Waals surface area contributed by atoms with Crippen LogP contribution in [-0.2, 0) is 0 Å². The van der Waals surface area contributed by atoms with Crippen LogP contribution in [0.5, 0.6) is 5.75 Å². The number of thiophene rings is 1. The third kappa shape index (κ3) is 3.43. The molecule has 4 nitrogen and oxygen atoms in total. The summed E-state index contributed by atoms with van der Waals surface area (Å²) in [6.45, 7) is 4.73. The van der Waals surface area contributed by atoms with E-state index in [1.54, 1.807) is 17.7 Å². The quantitative estimate of drug-likeness (QED) is 0.765. The molecule has 0 saturated heterocycles. The van der Waals surface area contributed by atoms with Gasteiger partial charge >= 0.3 is 0 Å². The van der Waals surface area contributed by atoms with Crippen molar-refractivity contribution < 1.29 is 4.74 Å². The van der Waals surface area contributed by atoms with E-state index in [4.69, 9.17) is 4.74 Å². The van der Waals surface area contributed by atoms with E-state index in [0.29, 0.717) is 6.61 Å². The second kappa shape index (κ2) is 6.74. The summed E-state index contributed by atoms with van der Waals surface area (Å²) >= 11 is 1.67. The molecule has 0 aliphatic carbocycles. The second-order valence-corrected chi connectivity index (χ2v) is 5.62. The van der Waals surface area contributed by atoms with Gasteiger partial charge in [0.25, 0.3) is 0 Å². The minimum atomic E-state index is 0. The number of benzene rings is 1. The molecule has 21 heavy (non-hydrogen) atoms. The average Bonchev–Trinajstić information content (AvgIpc) is 2.83. The first-order chi connectivity index (χ1) is 9.76. The van der Waals surface area contributed by atoms with Gasteiger partial charge in [0.15, 0.2) is 0 Å². The van der Waals surface area contributed by atoms with Crippen LogP contribution in [0.1, 0.15) is 11.8 Å². The van der Waals surface area contributed by atoms with Gasteiger partial charge < -0.3 is 10.1 Å². The molecule has 2 heterocycles. The predicted octanol–water partition coefficient (Wildman–Crippen LogP) is 4.56. The zero-order valence-corrected chi connectivity index (χ0v) is 13.4. The van der Waals surface area contributed by atoms with Gasteiger partial charge in [-0.25, -0.2) is 9.97 Å². The molecule has 1 aromatic carbocycles. The number of ether oxygens (including phenoxy) is 1. The molecular weight excluding hydrogens is 306 g/mol. The van der Waals surface area contributed by atoms with Gasteiger partial charge in [0.1, 0.15) is 22.7 Å². The highest BCUT2D eigenvalue weighted by Crippen LogP contribution is 2.29. The molecule has 0 spiro atoms. The molecule has 0 unspecified atom stereocenters. The first-order valence-corrected chi connectivity index (χ1v) is 7.29. The Morgan fingerprint density at radius 3 is 2.67 bits per heavy atom. The van der Waals surface area contributed by atoms with Gasteiger partial charge in [0, 0.05) is 10.6 Å². The first kappa shape index (κ1) is 15.5. The summed E-state index contributed by atoms with van der Waals surface area (Å²) < 4.78 is 5.43. The molecule has 1 N–H and O–H groups in total. The number of aryl methyl sites for hydroxylation is 1. The molecule has 0 radical (unpaired) electrons. The first-order valence-electron chi connectivity index (χ1n) is 6.47. The van der Waals surface area contributed by atoms with E-state index in [2.05, 4.69) is 28.3 Å². The zero-order chi connectivity index (χ0) is 13.9. The molecule has 0 bridgehead atoms. The summed E-state index contributed by atoms with van der Waals surface area (Å²) in [6, 6.07) is 9.97. The number of hydrogen-bond acceptors (Lipinski definition) is 5. The van der Waals surface area contributed by atoms with Crippen molar-refractivity contribution in [2.75, 3.05) is 11.9 Å². The number of fused-ring (bicyclic) bond motifs is 1. The fraction of sp³-hybridized carbons (Fsp3) is 0.200. The van der Waals surface area contributed by atoms with Crippen LogP contribution in [0, 0.1) is 6.92 Å². The fourth-order valence-electron chi connectivity index (χ4n) is 2.01. The molecule has 0 saturated carbocycles. The van der Waals surface area contributed by atoms with Crippen LogP contribution in [-0.4, -0.2) is 16.6 Å². The van der Waals surface area contributed by atoms with Crippen LogP contribution in [0.4, 0.5) is 11.5 Å². The Morgan fingerprint density at radius 1 is 1.19 bits per heavy atom. The minimum absolute atomic E-state index is 0. The number of halogens is 1. The molecule has 0 aliphatic heterocycles. The van der Waals surface area contributed by atoms with Gasteiger partial charge in [0.05, 0.1) is 12.0 Å². The lowest BCUT2D eigenvalue weighted by Gasteiger charge is -2.08. The number of nitrogens with one attached hydrogen (secondary N) is 1. The summed E-state index contributed by atoms with van der Waals surface area (Å²) in [5.41, 5.74) is 0.984. The molecule has 0 atom stereocenters. The summed E-state index contributed by atoms with van der Waals surface area (Å²) in [5, 5.41) is 4.39. The monoisotopic (exact) mass is 321 g/mol. The third-order valence-electron chi connectivity index (χ3n) is 2.88. The largest absolute Gasteiger partial charge is 0.494 e. The maximum atomic E-state index is 5.43. The lowest BCUT2D eigenvalue weighted by atomic mass is 10.3. The Labute approximate surface area is 133 Å². The summed E-state index contributed by atoms with van der Waals surface area (Å²) in [6.07, 6.45) is 1.59. The van der Waals surface area contributed by atoms with Crippen LogP contribution in [0.15, 0.2) is 36.7 Å². The Hall–Kier alpha value is -1.85. The number of nitrogens with zero attached hydrogens (tertiary/aromatic N) is 2. The van der Waals surface area contributed by atoms with Crippen LogP contribution < -0.4 is 10.1 Å². The second-order valence-electron chi connectivity index (χ2n) is 4.38. The van der Waals surface area contributed by atoms with Crippen molar-refractivity contribution in [1.82, 2.24) is 9.97 Å². The molecule has 3 aromatic rings. The van der Waals surface area contributed by atoms with Crippen molar-refractivity contribution in [1.29, 1.82) is 0 Å². The lowest BCUT2D eigenvalue weighted by Crippen LogP contribution is -1.95. The van der Waals surface area contributed by atoms with Crippen molar-refractivity contribution in [3.05, 3.63) is 41.5 Å². The lowest BCUT2D eigenvalue weighted by molar-refractivity contribution is 0.340. The van der Waals surface area contributed by atoms with Gasteiger partial charge in [0.2, 0.25) is 0 Å². The molecule has 0 fully saturated rings. The molecule has 0 aliphatic rings. The van der Waals surface area contributed by atoms with Gasteiger partial charge in [-0.2, -0.15) is 0 Å². The van der Waals surface area contributed by atoms with Crippen molar-refractivity contribution in [2.24, 2.45) is 0 Å². The number of rotatable bonds is 4. The van der Waals surface area contributed by atoms with Gasteiger partial charge in [-0.1, -0.05) is 0 Å². The van der Waals surface area contributed by atoms with E-state index in [0.717, 1.165) is 27.5 Å². The fourth-order valence-corrected chi connectivity index (χ4v) is 2.86. The maximum absolute atomic E-state index is 5.43. The Kier molecular flexibility index (Phi) is 4.98. The van der Waals surface area contributed by atoms with Crippen LogP contribution in [0.25, 0.3) is 10.2 Å². The van der Waals surface area contributed by atoms with E-state index in [-0.39, 0.29) is 12.4 Å². The maximum Gasteiger partial charge on any atom is 0.142 e. The predicted molar refractivity (Wildman–Crippen MR) is 90.3 cm³/mol. The molecule has 6 heteroatoms. The summed E-state index contributed by atoms with van der Waals surface area (Å²) in [5.74, 6) is 1.71. The highest BCUT2D eigenvalue weighted by atomic mass is 35.5. The zero-order valence-electron chi connectivity index (χ0n) is 11.8. The normalized spacial score (nSPS) is 10.2. The smallest absolute Gasteiger partial charge is 0.142 e. The van der Waals surface area contributed by atoms with Crippen molar-refractivity contribution in [2.45, 2.75) is 13.8 Å². The Balaban J connectivity index is 0.00000161. The Morgan fingerprint density at radius 2 is 1.95 bits per heavy atom. The number of aromatic nitrogens is 2. The number of hydrogen-bond donors (Lipinski definition) is 1. The molecule has 0 amide bonds. The SMILES string of the molecule is CCOc1ccc(Nc2ncnc3sc(C)cc23)cc1.Cl. The topological polar surface area (TPSA) is 47.0 Å². The highest BCUT2D eigenvalue weighted by molar-refractivity contribution is 7.18. The van der Waals surface area contributed by atoms with Gasteiger partial charge in [-0.3, -0.25) is 0 Å². The van der Waals surface area contributed by atoms with E-state index in [1.807, 2.05) is 31.2 Å². The number of anilines is 2. The van der Waals surface area contributed by atoms with Crippen molar-refractivity contribution in [3.8, 4) is 5.75 Å².